The number of imidazole rings is 1. The van der Waals surface area contributed by atoms with E-state index in [1.807, 2.05) is 0 Å². The first-order valence-corrected chi connectivity index (χ1v) is 5.28. The summed E-state index contributed by atoms with van der Waals surface area (Å²) in [5.41, 5.74) is 0. The van der Waals surface area contributed by atoms with E-state index >= 15 is 0 Å². The Bertz CT molecular complexity index is 448. The van der Waals surface area contributed by atoms with Crippen molar-refractivity contribution in [3.63, 3.8) is 0 Å². The van der Waals surface area contributed by atoms with Gasteiger partial charge in [0.05, 0.1) is 19.8 Å². The second kappa shape index (κ2) is 4.88. The number of rotatable bonds is 4. The van der Waals surface area contributed by atoms with E-state index in [2.05, 4.69) is 4.98 Å². The van der Waals surface area contributed by atoms with E-state index in [1.165, 1.54) is 17.9 Å². The maximum absolute atomic E-state index is 10.6. The fourth-order valence-corrected chi connectivity index (χ4v) is 1.86. The largest absolute Gasteiger partial charge is 0.449 e. The smallest absolute Gasteiger partial charge is 0.416 e. The third-order valence-corrected chi connectivity index (χ3v) is 2.75. The van der Waals surface area contributed by atoms with Crippen LogP contribution in [0.2, 0.25) is 0 Å². The lowest BCUT2D eigenvalue weighted by molar-refractivity contribution is -0.389. The number of aliphatic hydroxyl groups excluding tert-OH is 2. The van der Waals surface area contributed by atoms with Crippen LogP contribution in [0, 0.1) is 10.1 Å². The van der Waals surface area contributed by atoms with Crippen LogP contribution in [-0.4, -0.2) is 50.6 Å². The first-order chi connectivity index (χ1) is 8.56. The third kappa shape index (κ3) is 2.15. The molecular formula is C9H13N3O6. The molecule has 2 heterocycles. The average Bonchev–Trinajstić information content (AvgIpc) is 2.91. The minimum atomic E-state index is -0.828. The Labute approximate surface area is 102 Å². The van der Waals surface area contributed by atoms with Crippen molar-refractivity contribution in [1.29, 1.82) is 0 Å². The molecule has 0 unspecified atom stereocenters. The molecule has 1 aliphatic heterocycles. The van der Waals surface area contributed by atoms with Gasteiger partial charge in [-0.25, -0.2) is 4.57 Å². The minimum absolute atomic E-state index is 0.0255. The van der Waals surface area contributed by atoms with Crippen LogP contribution in [0.3, 0.4) is 0 Å². The number of aromatic nitrogens is 2. The van der Waals surface area contributed by atoms with E-state index in [0.717, 1.165) is 0 Å². The molecule has 0 radical (unpaired) electrons. The van der Waals surface area contributed by atoms with Crippen molar-refractivity contribution in [3.8, 4) is 6.01 Å². The van der Waals surface area contributed by atoms with Crippen LogP contribution in [0.4, 0.5) is 5.82 Å². The molecule has 1 aliphatic rings. The maximum Gasteiger partial charge on any atom is 0.416 e. The quantitative estimate of drug-likeness (QED) is 0.549. The fraction of sp³-hybridized carbons (Fsp3) is 0.667. The number of ether oxygens (including phenoxy) is 2. The number of methoxy groups -OCH3 is 1. The summed E-state index contributed by atoms with van der Waals surface area (Å²) in [6.07, 6.45) is -0.800. The topological polar surface area (TPSA) is 120 Å². The van der Waals surface area contributed by atoms with Gasteiger partial charge in [0.2, 0.25) is 0 Å². The van der Waals surface area contributed by atoms with Crippen molar-refractivity contribution >= 4 is 5.82 Å². The van der Waals surface area contributed by atoms with Crippen LogP contribution in [0.1, 0.15) is 12.6 Å². The Balaban J connectivity index is 2.25. The van der Waals surface area contributed by atoms with Gasteiger partial charge in [0.25, 0.3) is 0 Å². The third-order valence-electron chi connectivity index (χ3n) is 2.75. The SMILES string of the molecule is COc1nc([N+](=O)[O-])cn1[C@H]1C[C@H](O)[C@@H](CO)O1. The summed E-state index contributed by atoms with van der Waals surface area (Å²) >= 11 is 0. The van der Waals surface area contributed by atoms with Crippen molar-refractivity contribution in [3.05, 3.63) is 16.3 Å². The molecule has 3 atom stereocenters. The number of hydrogen-bond acceptors (Lipinski definition) is 7. The van der Waals surface area contributed by atoms with Gasteiger partial charge in [-0.15, -0.1) is 0 Å². The lowest BCUT2D eigenvalue weighted by Gasteiger charge is -2.12. The molecule has 18 heavy (non-hydrogen) atoms. The minimum Gasteiger partial charge on any atom is -0.449 e. The summed E-state index contributed by atoms with van der Waals surface area (Å²) in [7, 11) is 1.33. The molecule has 2 rings (SSSR count). The summed E-state index contributed by atoms with van der Waals surface area (Å²) in [5, 5.41) is 29.2. The van der Waals surface area contributed by atoms with Gasteiger partial charge in [-0.05, 0) is 4.92 Å². The zero-order valence-electron chi connectivity index (χ0n) is 9.59. The van der Waals surface area contributed by atoms with Crippen LogP contribution in [0.25, 0.3) is 0 Å². The van der Waals surface area contributed by atoms with Crippen LogP contribution >= 0.6 is 0 Å². The Morgan fingerprint density at radius 2 is 2.50 bits per heavy atom. The predicted octanol–water partition coefficient (Wildman–Crippen LogP) is -0.559. The van der Waals surface area contributed by atoms with Crippen molar-refractivity contribution in [2.45, 2.75) is 24.9 Å². The van der Waals surface area contributed by atoms with Crippen LogP contribution in [-0.2, 0) is 4.74 Å². The van der Waals surface area contributed by atoms with E-state index in [0.29, 0.717) is 0 Å². The summed E-state index contributed by atoms with van der Waals surface area (Å²) < 4.78 is 11.6. The Hall–Kier alpha value is -1.71. The molecule has 1 fully saturated rings. The van der Waals surface area contributed by atoms with Gasteiger partial charge in [0.1, 0.15) is 18.5 Å². The molecule has 0 amide bonds. The van der Waals surface area contributed by atoms with Crippen molar-refractivity contribution in [1.82, 2.24) is 9.55 Å². The molecule has 0 aromatic carbocycles. The molecule has 1 saturated heterocycles. The van der Waals surface area contributed by atoms with Crippen molar-refractivity contribution in [2.24, 2.45) is 0 Å². The van der Waals surface area contributed by atoms with E-state index < -0.39 is 23.4 Å². The van der Waals surface area contributed by atoms with E-state index in [1.54, 1.807) is 0 Å². The second-order valence-corrected chi connectivity index (χ2v) is 3.86. The molecule has 9 heteroatoms. The van der Waals surface area contributed by atoms with Gasteiger partial charge in [-0.2, -0.15) is 0 Å². The fourth-order valence-electron chi connectivity index (χ4n) is 1.86. The molecule has 0 spiro atoms. The van der Waals surface area contributed by atoms with Gasteiger partial charge < -0.3 is 29.8 Å². The molecule has 0 bridgehead atoms. The lowest BCUT2D eigenvalue weighted by atomic mass is 10.2. The summed E-state index contributed by atoms with van der Waals surface area (Å²) in [6, 6.07) is 0.0255. The highest BCUT2D eigenvalue weighted by atomic mass is 16.6. The van der Waals surface area contributed by atoms with Gasteiger partial charge in [0, 0.05) is 11.4 Å². The highest BCUT2D eigenvalue weighted by molar-refractivity contribution is 5.21. The van der Waals surface area contributed by atoms with E-state index in [9.17, 15) is 15.2 Å². The summed E-state index contributed by atoms with van der Waals surface area (Å²) in [6.45, 7) is -0.323. The van der Waals surface area contributed by atoms with Gasteiger partial charge in [0.15, 0.2) is 0 Å². The van der Waals surface area contributed by atoms with E-state index in [4.69, 9.17) is 14.6 Å². The Kier molecular flexibility index (Phi) is 3.45. The first kappa shape index (κ1) is 12.7. The molecule has 1 aromatic heterocycles. The number of aliphatic hydroxyl groups is 2. The molecule has 100 valence electrons. The zero-order chi connectivity index (χ0) is 13.3. The van der Waals surface area contributed by atoms with Crippen molar-refractivity contribution in [2.75, 3.05) is 13.7 Å². The normalized spacial score (nSPS) is 27.4. The van der Waals surface area contributed by atoms with Gasteiger partial charge in [-0.1, -0.05) is 0 Å². The highest BCUT2D eigenvalue weighted by Gasteiger charge is 2.37. The standard InChI is InChI=1S/C9H13N3O6/c1-17-9-10-7(12(15)16)3-11(9)8-2-5(14)6(4-13)18-8/h3,5-6,8,13-14H,2,4H2,1H3/t5-,6+,8+/m0/s1. The lowest BCUT2D eigenvalue weighted by Crippen LogP contribution is -2.24. The summed E-state index contributed by atoms with van der Waals surface area (Å²) in [4.78, 5) is 13.6. The van der Waals surface area contributed by atoms with Crippen molar-refractivity contribution < 1.29 is 24.6 Å². The van der Waals surface area contributed by atoms with Gasteiger partial charge >= 0.3 is 11.8 Å². The predicted molar refractivity (Wildman–Crippen MR) is 57.1 cm³/mol. The number of nitro groups is 1. The summed E-state index contributed by atoms with van der Waals surface area (Å²) in [5.74, 6) is -0.364. The second-order valence-electron chi connectivity index (χ2n) is 3.86. The molecule has 1 aromatic rings. The maximum atomic E-state index is 10.6. The average molecular weight is 259 g/mol. The number of nitrogens with zero attached hydrogens (tertiary/aromatic N) is 3. The van der Waals surface area contributed by atoms with Crippen LogP contribution in [0.15, 0.2) is 6.20 Å². The number of hydrogen-bond donors (Lipinski definition) is 2. The van der Waals surface area contributed by atoms with Crippen LogP contribution < -0.4 is 4.74 Å². The monoisotopic (exact) mass is 259 g/mol. The zero-order valence-corrected chi connectivity index (χ0v) is 9.59. The van der Waals surface area contributed by atoms with E-state index in [-0.39, 0.29) is 24.9 Å². The molecule has 9 nitrogen and oxygen atoms in total. The molecular weight excluding hydrogens is 246 g/mol. The first-order valence-electron chi connectivity index (χ1n) is 5.28. The van der Waals surface area contributed by atoms with Crippen LogP contribution in [0.5, 0.6) is 6.01 Å². The molecule has 0 saturated carbocycles. The Morgan fingerprint density at radius 3 is 3.00 bits per heavy atom. The molecule has 2 N–H and O–H groups in total. The highest BCUT2D eigenvalue weighted by Crippen LogP contribution is 2.33. The molecule has 0 aliphatic carbocycles. The van der Waals surface area contributed by atoms with Gasteiger partial charge in [-0.3, -0.25) is 0 Å². The Morgan fingerprint density at radius 1 is 1.78 bits per heavy atom.